The number of pyridine rings is 1. The number of fused-ring (bicyclic) bond motifs is 1. The average Bonchev–Trinajstić information content (AvgIpc) is 2.89. The molecule has 0 unspecified atom stereocenters. The van der Waals surface area contributed by atoms with Gasteiger partial charge in [-0.1, -0.05) is 17.7 Å². The molecule has 0 saturated carbocycles. The van der Waals surface area contributed by atoms with Crippen molar-refractivity contribution in [3.8, 4) is 0 Å². The predicted molar refractivity (Wildman–Crippen MR) is 105 cm³/mol. The van der Waals surface area contributed by atoms with Gasteiger partial charge in [-0.3, -0.25) is 14.3 Å². The maximum absolute atomic E-state index is 12.4. The predicted octanol–water partition coefficient (Wildman–Crippen LogP) is 2.57. The lowest BCUT2D eigenvalue weighted by molar-refractivity contribution is -0.115. The number of hydrogen-bond donors (Lipinski definition) is 2. The van der Waals surface area contributed by atoms with Gasteiger partial charge in [0.1, 0.15) is 0 Å². The Kier molecular flexibility index (Phi) is 4.94. The van der Waals surface area contributed by atoms with Crippen molar-refractivity contribution in [2.24, 2.45) is 7.05 Å². The zero-order valence-electron chi connectivity index (χ0n) is 16.2. The zero-order valence-corrected chi connectivity index (χ0v) is 16.2. The summed E-state index contributed by atoms with van der Waals surface area (Å²) in [7, 11) is 1.81. The normalized spacial score (nSPS) is 10.9. The average molecular weight is 365 g/mol. The number of benzene rings is 1. The Bertz CT molecular complexity index is 1030. The molecule has 140 valence electrons. The third kappa shape index (κ3) is 3.81. The minimum atomic E-state index is -0.347. The highest BCUT2D eigenvalue weighted by Gasteiger charge is 2.14. The second kappa shape index (κ2) is 7.19. The molecule has 2 heterocycles. The Hall–Kier alpha value is -3.22. The number of carbonyl (C=O) groups excluding carboxylic acids is 2. The van der Waals surface area contributed by atoms with Crippen LogP contribution in [0.3, 0.4) is 0 Å². The molecule has 7 heteroatoms. The molecule has 0 aliphatic heterocycles. The summed E-state index contributed by atoms with van der Waals surface area (Å²) in [4.78, 5) is 28.9. The van der Waals surface area contributed by atoms with Crippen molar-refractivity contribution in [2.75, 3.05) is 11.9 Å². The van der Waals surface area contributed by atoms with Crippen LogP contribution in [0.4, 0.5) is 5.69 Å². The molecule has 2 aromatic heterocycles. The lowest BCUT2D eigenvalue weighted by Gasteiger charge is -2.13. The highest BCUT2D eigenvalue weighted by atomic mass is 16.2. The molecule has 1 aromatic carbocycles. The second-order valence-electron chi connectivity index (χ2n) is 6.81. The van der Waals surface area contributed by atoms with Crippen LogP contribution in [-0.4, -0.2) is 33.1 Å². The van der Waals surface area contributed by atoms with Crippen LogP contribution in [-0.2, 0) is 11.8 Å². The first kappa shape index (κ1) is 18.6. The van der Waals surface area contributed by atoms with Gasteiger partial charge in [0.15, 0.2) is 5.65 Å². The molecule has 0 spiro atoms. The van der Waals surface area contributed by atoms with Gasteiger partial charge in [-0.05, 0) is 44.9 Å². The number of aryl methyl sites for hydroxylation is 5. The van der Waals surface area contributed by atoms with Crippen molar-refractivity contribution in [1.82, 2.24) is 20.1 Å². The minimum Gasteiger partial charge on any atom is -0.343 e. The van der Waals surface area contributed by atoms with Crippen molar-refractivity contribution in [2.45, 2.75) is 27.7 Å². The van der Waals surface area contributed by atoms with E-state index in [1.807, 2.05) is 46.9 Å². The summed E-state index contributed by atoms with van der Waals surface area (Å²) in [6.07, 6.45) is 1.49. The number of hydrogen-bond acceptors (Lipinski definition) is 4. The number of rotatable bonds is 4. The van der Waals surface area contributed by atoms with Crippen molar-refractivity contribution in [3.63, 3.8) is 0 Å². The van der Waals surface area contributed by atoms with Crippen molar-refractivity contribution in [1.29, 1.82) is 0 Å². The molecule has 7 nitrogen and oxygen atoms in total. The van der Waals surface area contributed by atoms with Gasteiger partial charge in [0.05, 0.1) is 17.8 Å². The molecule has 0 radical (unpaired) electrons. The van der Waals surface area contributed by atoms with E-state index < -0.39 is 0 Å². The van der Waals surface area contributed by atoms with Gasteiger partial charge in [-0.2, -0.15) is 5.10 Å². The molecule has 0 saturated heterocycles. The van der Waals surface area contributed by atoms with Gasteiger partial charge in [-0.25, -0.2) is 4.98 Å². The van der Waals surface area contributed by atoms with Crippen LogP contribution in [0.15, 0.2) is 24.4 Å². The van der Waals surface area contributed by atoms with Gasteiger partial charge in [0.2, 0.25) is 5.91 Å². The molecule has 0 fully saturated rings. The van der Waals surface area contributed by atoms with E-state index in [0.29, 0.717) is 11.2 Å². The lowest BCUT2D eigenvalue weighted by Crippen LogP contribution is -2.33. The van der Waals surface area contributed by atoms with Gasteiger partial charge in [0.25, 0.3) is 5.91 Å². The van der Waals surface area contributed by atoms with Crippen LogP contribution >= 0.6 is 0 Å². The summed E-state index contributed by atoms with van der Waals surface area (Å²) in [5, 5.41) is 10.6. The topological polar surface area (TPSA) is 88.9 Å². The molecule has 3 aromatic rings. The number of amides is 2. The fourth-order valence-electron chi connectivity index (χ4n) is 3.26. The van der Waals surface area contributed by atoms with E-state index in [9.17, 15) is 9.59 Å². The van der Waals surface area contributed by atoms with E-state index >= 15 is 0 Å². The van der Waals surface area contributed by atoms with Crippen LogP contribution in [0.1, 0.15) is 32.7 Å². The Labute approximate surface area is 157 Å². The van der Waals surface area contributed by atoms with Crippen LogP contribution in [0.25, 0.3) is 11.0 Å². The SMILES string of the molecule is Cc1cc(C)c(NC(=O)CNC(=O)c2cnc3c(c2)c(C)nn3C)c(C)c1. The Morgan fingerprint density at radius 1 is 1.07 bits per heavy atom. The smallest absolute Gasteiger partial charge is 0.253 e. The van der Waals surface area contributed by atoms with E-state index in [1.54, 1.807) is 10.7 Å². The van der Waals surface area contributed by atoms with Crippen molar-refractivity contribution in [3.05, 3.63) is 52.3 Å². The Balaban J connectivity index is 1.67. The maximum atomic E-state index is 12.4. The Morgan fingerprint density at radius 2 is 1.74 bits per heavy atom. The van der Waals surface area contributed by atoms with Gasteiger partial charge >= 0.3 is 0 Å². The molecule has 0 bridgehead atoms. The fraction of sp³-hybridized carbons (Fsp3) is 0.300. The summed E-state index contributed by atoms with van der Waals surface area (Å²) >= 11 is 0. The van der Waals surface area contributed by atoms with Crippen LogP contribution in [0.5, 0.6) is 0 Å². The first-order chi connectivity index (χ1) is 12.8. The third-order valence-corrected chi connectivity index (χ3v) is 4.48. The summed E-state index contributed by atoms with van der Waals surface area (Å²) < 4.78 is 1.67. The standard InChI is InChI=1S/C20H23N5O2/c1-11-6-12(2)18(13(3)7-11)23-17(26)10-22-20(27)15-8-16-14(4)24-25(5)19(16)21-9-15/h6-9H,10H2,1-5H3,(H,22,27)(H,23,26). The van der Waals surface area contributed by atoms with Crippen molar-refractivity contribution < 1.29 is 9.59 Å². The first-order valence-corrected chi connectivity index (χ1v) is 8.71. The van der Waals surface area contributed by atoms with Crippen LogP contribution in [0, 0.1) is 27.7 Å². The van der Waals surface area contributed by atoms with Crippen molar-refractivity contribution >= 4 is 28.5 Å². The maximum Gasteiger partial charge on any atom is 0.253 e. The van der Waals surface area contributed by atoms with Crippen LogP contribution < -0.4 is 10.6 Å². The van der Waals surface area contributed by atoms with E-state index in [1.165, 1.54) is 6.20 Å². The van der Waals surface area contributed by atoms with E-state index in [-0.39, 0.29) is 18.4 Å². The minimum absolute atomic E-state index is 0.115. The summed E-state index contributed by atoms with van der Waals surface area (Å²) in [5.74, 6) is -0.620. The molecule has 2 amide bonds. The second-order valence-corrected chi connectivity index (χ2v) is 6.81. The van der Waals surface area contributed by atoms with Gasteiger partial charge in [0, 0.05) is 24.3 Å². The molecule has 0 atom stereocenters. The molecular formula is C20H23N5O2. The summed E-state index contributed by atoms with van der Waals surface area (Å²) in [6, 6.07) is 5.77. The van der Waals surface area contributed by atoms with E-state index in [0.717, 1.165) is 33.5 Å². The Morgan fingerprint density at radius 3 is 2.41 bits per heavy atom. The number of nitrogens with zero attached hydrogens (tertiary/aromatic N) is 3. The molecule has 2 N–H and O–H groups in total. The molecule has 3 rings (SSSR count). The lowest BCUT2D eigenvalue weighted by atomic mass is 10.1. The summed E-state index contributed by atoms with van der Waals surface area (Å²) in [6.45, 7) is 7.66. The largest absolute Gasteiger partial charge is 0.343 e. The zero-order chi connectivity index (χ0) is 19.7. The van der Waals surface area contributed by atoms with Gasteiger partial charge in [-0.15, -0.1) is 0 Å². The number of nitrogens with one attached hydrogen (secondary N) is 2. The third-order valence-electron chi connectivity index (χ3n) is 4.48. The molecular weight excluding hydrogens is 342 g/mol. The van der Waals surface area contributed by atoms with E-state index in [4.69, 9.17) is 0 Å². The van der Waals surface area contributed by atoms with E-state index in [2.05, 4.69) is 20.7 Å². The molecule has 0 aliphatic carbocycles. The summed E-state index contributed by atoms with van der Waals surface area (Å²) in [5.41, 5.74) is 5.83. The van der Waals surface area contributed by atoms with Crippen LogP contribution in [0.2, 0.25) is 0 Å². The quantitative estimate of drug-likeness (QED) is 0.744. The highest BCUT2D eigenvalue weighted by Crippen LogP contribution is 2.21. The molecule has 0 aliphatic rings. The molecule has 27 heavy (non-hydrogen) atoms. The highest BCUT2D eigenvalue weighted by molar-refractivity contribution is 6.01. The monoisotopic (exact) mass is 365 g/mol. The number of aromatic nitrogens is 3. The van der Waals surface area contributed by atoms with Gasteiger partial charge < -0.3 is 10.6 Å². The first-order valence-electron chi connectivity index (χ1n) is 8.71. The number of anilines is 1. The fourth-order valence-corrected chi connectivity index (χ4v) is 3.26. The number of carbonyl (C=O) groups is 2.